The van der Waals surface area contributed by atoms with Crippen molar-refractivity contribution < 1.29 is 32.3 Å². The lowest BCUT2D eigenvalue weighted by molar-refractivity contribution is -0.149. The third kappa shape index (κ3) is 12.8. The normalized spacial score (nSPS) is 9.09. The van der Waals surface area contributed by atoms with E-state index in [0.717, 1.165) is 9.69 Å². The molecule has 10 nitrogen and oxygen atoms in total. The summed E-state index contributed by atoms with van der Waals surface area (Å²) in [6.45, 7) is 0. The number of alkyl halides is 4. The average Bonchev–Trinajstić information content (AvgIpc) is 2.71. The standard InChI is InChI=1S/C4H5F2N3O.C2H2F2O2.C2H7N3O.CH4/c1-9-4(10)7-3(8-9)2(5)6;3-1(4)2(5)6;1-5(4)2(3)6;/h2H,1H3,(H,7,8,10);1H,(H,5,6);4H2,1H3,(H2,3,6);1H4. The second-order valence-corrected chi connectivity index (χ2v) is 3.33. The molecule has 6 N–H and O–H groups in total. The Kier molecular flexibility index (Phi) is 13.2. The number of carbonyl (C=O) groups excluding carboxylic acids is 1. The number of carbonyl (C=O) groups is 2. The van der Waals surface area contributed by atoms with Gasteiger partial charge in [0.25, 0.3) is 6.43 Å². The number of aromatic amines is 1. The number of aromatic nitrogens is 3. The molecule has 0 radical (unpaired) electrons. The predicted octanol–water partition coefficient (Wildman–Crippen LogP) is -0.111. The first-order valence-corrected chi connectivity index (χ1v) is 5.10. The molecule has 1 aromatic rings. The number of carboxylic acids is 1. The molecule has 14 heteroatoms. The lowest BCUT2D eigenvalue weighted by atomic mass is 10.7. The minimum absolute atomic E-state index is 0. The highest BCUT2D eigenvalue weighted by molar-refractivity contribution is 5.70. The number of hydrogen-bond donors (Lipinski definition) is 4. The summed E-state index contributed by atoms with van der Waals surface area (Å²) in [6.07, 6.45) is -5.95. The van der Waals surface area contributed by atoms with Crippen molar-refractivity contribution in [1.29, 1.82) is 0 Å². The van der Waals surface area contributed by atoms with E-state index in [2.05, 4.69) is 10.8 Å². The van der Waals surface area contributed by atoms with Gasteiger partial charge in [-0.05, 0) is 0 Å². The molecule has 1 rings (SSSR count). The zero-order valence-electron chi connectivity index (χ0n) is 11.3. The van der Waals surface area contributed by atoms with Gasteiger partial charge in [0.1, 0.15) is 0 Å². The molecule has 0 aliphatic heterocycles. The third-order valence-electron chi connectivity index (χ3n) is 1.53. The van der Waals surface area contributed by atoms with Gasteiger partial charge in [-0.1, -0.05) is 7.43 Å². The summed E-state index contributed by atoms with van der Waals surface area (Å²) in [6, 6.07) is -0.630. The van der Waals surface area contributed by atoms with E-state index in [1.165, 1.54) is 14.1 Å². The molecule has 2 amide bonds. The van der Waals surface area contributed by atoms with Crippen LogP contribution in [0.3, 0.4) is 0 Å². The fourth-order valence-corrected chi connectivity index (χ4v) is 0.521. The van der Waals surface area contributed by atoms with Crippen LogP contribution in [0.4, 0.5) is 22.4 Å². The van der Waals surface area contributed by atoms with Gasteiger partial charge in [-0.25, -0.2) is 33.7 Å². The minimum Gasteiger partial charge on any atom is -0.477 e. The lowest BCUT2D eigenvalue weighted by Gasteiger charge is -2.01. The summed E-state index contributed by atoms with van der Waals surface area (Å²) in [5.74, 6) is 2.13. The number of nitrogens with two attached hydrogens (primary N) is 2. The van der Waals surface area contributed by atoms with Crippen LogP contribution < -0.4 is 17.3 Å². The van der Waals surface area contributed by atoms with Gasteiger partial charge in [-0.15, -0.1) is 5.10 Å². The quantitative estimate of drug-likeness (QED) is 0.252. The number of hydrogen-bond acceptors (Lipinski definition) is 5. The molecule has 0 aliphatic carbocycles. The molecule has 23 heavy (non-hydrogen) atoms. The van der Waals surface area contributed by atoms with Crippen molar-refractivity contribution in [2.75, 3.05) is 7.05 Å². The first kappa shape index (κ1) is 25.3. The number of nitrogens with zero attached hydrogens (tertiary/aromatic N) is 3. The SMILES string of the molecule is C.CN(N)C(N)=O.Cn1nc(C(F)F)[nH]c1=O.O=C(O)C(F)F. The molecule has 0 atom stereocenters. The molecule has 0 bridgehead atoms. The van der Waals surface area contributed by atoms with Crippen LogP contribution >= 0.6 is 0 Å². The van der Waals surface area contributed by atoms with E-state index in [1.54, 1.807) is 0 Å². The number of urea groups is 1. The van der Waals surface area contributed by atoms with Crippen LogP contribution in [0.25, 0.3) is 0 Å². The maximum absolute atomic E-state index is 11.7. The molecular formula is C9H18F4N6O4. The van der Waals surface area contributed by atoms with E-state index in [0.29, 0.717) is 0 Å². The Morgan fingerprint density at radius 3 is 1.78 bits per heavy atom. The van der Waals surface area contributed by atoms with Gasteiger partial charge < -0.3 is 10.8 Å². The molecule has 0 spiro atoms. The first-order chi connectivity index (χ1) is 9.89. The van der Waals surface area contributed by atoms with E-state index in [-0.39, 0.29) is 7.43 Å². The van der Waals surface area contributed by atoms with Crippen molar-refractivity contribution >= 4 is 12.0 Å². The van der Waals surface area contributed by atoms with Crippen molar-refractivity contribution in [3.05, 3.63) is 16.3 Å². The van der Waals surface area contributed by atoms with Gasteiger partial charge in [0.15, 0.2) is 5.82 Å². The third-order valence-corrected chi connectivity index (χ3v) is 1.53. The largest absolute Gasteiger partial charge is 0.477 e. The van der Waals surface area contributed by atoms with Gasteiger partial charge >= 0.3 is 24.1 Å². The highest BCUT2D eigenvalue weighted by Gasteiger charge is 2.12. The van der Waals surface area contributed by atoms with Gasteiger partial charge in [-0.2, -0.15) is 8.78 Å². The van der Waals surface area contributed by atoms with Crippen molar-refractivity contribution in [3.63, 3.8) is 0 Å². The van der Waals surface area contributed by atoms with Crippen LogP contribution in [0.5, 0.6) is 0 Å². The van der Waals surface area contributed by atoms with Crippen molar-refractivity contribution in [2.24, 2.45) is 18.6 Å². The molecule has 0 aromatic carbocycles. The second kappa shape index (κ2) is 12.0. The molecule has 0 saturated carbocycles. The van der Waals surface area contributed by atoms with Crippen LogP contribution in [-0.4, -0.2) is 50.4 Å². The van der Waals surface area contributed by atoms with Crippen molar-refractivity contribution in [2.45, 2.75) is 20.3 Å². The second-order valence-electron chi connectivity index (χ2n) is 3.33. The highest BCUT2D eigenvalue weighted by atomic mass is 19.3. The summed E-state index contributed by atoms with van der Waals surface area (Å²) < 4.78 is 45.4. The molecule has 0 unspecified atom stereocenters. The molecule has 1 aromatic heterocycles. The number of rotatable bonds is 2. The Bertz CT molecular complexity index is 512. The van der Waals surface area contributed by atoms with E-state index in [1.807, 2.05) is 4.98 Å². The molecule has 0 saturated heterocycles. The van der Waals surface area contributed by atoms with Crippen LogP contribution in [0, 0.1) is 0 Å². The van der Waals surface area contributed by atoms with Crippen molar-refractivity contribution in [3.8, 4) is 0 Å². The predicted molar refractivity (Wildman–Crippen MR) is 70.7 cm³/mol. The Labute approximate surface area is 127 Å². The first-order valence-electron chi connectivity index (χ1n) is 5.10. The lowest BCUT2D eigenvalue weighted by Crippen LogP contribution is -2.37. The van der Waals surface area contributed by atoms with Crippen LogP contribution in [0.1, 0.15) is 19.7 Å². The van der Waals surface area contributed by atoms with Gasteiger partial charge in [0, 0.05) is 14.1 Å². The summed E-state index contributed by atoms with van der Waals surface area (Å²) >= 11 is 0. The van der Waals surface area contributed by atoms with Gasteiger partial charge in [0.05, 0.1) is 0 Å². The summed E-state index contributed by atoms with van der Waals surface area (Å²) in [7, 11) is 2.67. The zero-order chi connectivity index (χ0) is 18.0. The zero-order valence-corrected chi connectivity index (χ0v) is 11.3. The number of H-pyrrole nitrogens is 1. The monoisotopic (exact) mass is 350 g/mol. The summed E-state index contributed by atoms with van der Waals surface area (Å²) in [5.41, 5.74) is 3.97. The fraction of sp³-hybridized carbons (Fsp3) is 0.556. The Morgan fingerprint density at radius 1 is 1.35 bits per heavy atom. The maximum Gasteiger partial charge on any atom is 0.371 e. The number of hydrazine groups is 1. The minimum atomic E-state index is -3.23. The maximum atomic E-state index is 11.7. The summed E-state index contributed by atoms with van der Waals surface area (Å²) in [5, 5.41) is 11.3. The smallest absolute Gasteiger partial charge is 0.371 e. The number of primary amides is 1. The molecular weight excluding hydrogens is 332 g/mol. The van der Waals surface area contributed by atoms with Crippen LogP contribution in [0.15, 0.2) is 4.79 Å². The van der Waals surface area contributed by atoms with E-state index in [9.17, 15) is 27.2 Å². The van der Waals surface area contributed by atoms with E-state index < -0.39 is 36.4 Å². The molecule has 1 heterocycles. The fourth-order valence-electron chi connectivity index (χ4n) is 0.521. The number of aryl methyl sites for hydroxylation is 1. The molecule has 0 aliphatic rings. The Balaban J connectivity index is -0.000000271. The number of aliphatic carboxylic acids is 1. The van der Waals surface area contributed by atoms with Crippen LogP contribution in [0.2, 0.25) is 0 Å². The Hall–Kier alpha value is -2.64. The number of nitrogens with one attached hydrogen (secondary N) is 1. The molecule has 0 fully saturated rings. The Morgan fingerprint density at radius 2 is 1.70 bits per heavy atom. The number of halogens is 4. The topological polar surface area (TPSA) is 160 Å². The van der Waals surface area contributed by atoms with E-state index in [4.69, 9.17) is 15.7 Å². The number of amides is 2. The average molecular weight is 350 g/mol. The number of carboxylic acid groups (broad SMARTS) is 1. The highest BCUT2D eigenvalue weighted by Crippen LogP contribution is 2.10. The van der Waals surface area contributed by atoms with Crippen molar-refractivity contribution in [1.82, 2.24) is 19.8 Å². The molecule has 136 valence electrons. The van der Waals surface area contributed by atoms with E-state index >= 15 is 0 Å². The van der Waals surface area contributed by atoms with Crippen LogP contribution in [-0.2, 0) is 11.8 Å². The summed E-state index contributed by atoms with van der Waals surface area (Å²) in [4.78, 5) is 31.0. The van der Waals surface area contributed by atoms with Gasteiger partial charge in [0.2, 0.25) is 0 Å². The van der Waals surface area contributed by atoms with Gasteiger partial charge in [-0.3, -0.25) is 9.99 Å².